The number of likely N-dealkylation sites (tertiary alicyclic amines) is 1. The van der Waals surface area contributed by atoms with Crippen molar-refractivity contribution in [2.75, 3.05) is 19.6 Å². The van der Waals surface area contributed by atoms with E-state index in [0.29, 0.717) is 11.8 Å². The molecule has 1 aliphatic rings. The first-order valence-electron chi connectivity index (χ1n) is 11.6. The molecule has 1 amide bonds. The summed E-state index contributed by atoms with van der Waals surface area (Å²) in [5.41, 5.74) is 4.84. The fourth-order valence-corrected chi connectivity index (χ4v) is 5.71. The summed E-state index contributed by atoms with van der Waals surface area (Å²) in [5.74, 6) is 0.976. The lowest BCUT2D eigenvalue weighted by atomic mass is 9.88. The summed E-state index contributed by atoms with van der Waals surface area (Å²) in [6.45, 7) is 12.4. The number of carbonyl (C=O) groups is 1. The molecule has 32 heavy (non-hydrogen) atoms. The van der Waals surface area contributed by atoms with E-state index in [1.165, 1.54) is 21.6 Å². The Labute approximate surface area is 196 Å². The minimum Gasteiger partial charge on any atom is -0.336 e. The fourth-order valence-electron chi connectivity index (χ4n) is 4.76. The molecule has 168 valence electrons. The molecule has 0 spiro atoms. The Bertz CT molecular complexity index is 1030. The number of hydrogen-bond donors (Lipinski definition) is 0. The van der Waals surface area contributed by atoms with Crippen molar-refractivity contribution in [1.82, 2.24) is 9.80 Å². The smallest absolute Gasteiger partial charge is 0.254 e. The van der Waals surface area contributed by atoms with Crippen LogP contribution in [0.1, 0.15) is 51.7 Å². The molecule has 0 unspecified atom stereocenters. The van der Waals surface area contributed by atoms with E-state index in [1.807, 2.05) is 41.7 Å². The third-order valence-electron chi connectivity index (χ3n) is 6.69. The van der Waals surface area contributed by atoms with Gasteiger partial charge in [0.15, 0.2) is 0 Å². The maximum Gasteiger partial charge on any atom is 0.254 e. The highest BCUT2D eigenvalue weighted by molar-refractivity contribution is 7.10. The molecule has 0 bridgehead atoms. The normalized spacial score (nSPS) is 18.9. The summed E-state index contributed by atoms with van der Waals surface area (Å²) < 4.78 is 0. The van der Waals surface area contributed by atoms with Crippen molar-refractivity contribution in [2.24, 2.45) is 5.92 Å². The van der Waals surface area contributed by atoms with Gasteiger partial charge in [-0.15, -0.1) is 11.3 Å². The monoisotopic (exact) mass is 446 g/mol. The zero-order valence-electron chi connectivity index (χ0n) is 19.6. The van der Waals surface area contributed by atoms with Crippen molar-refractivity contribution in [2.45, 2.75) is 46.2 Å². The van der Waals surface area contributed by atoms with E-state index in [4.69, 9.17) is 0 Å². The predicted molar refractivity (Wildman–Crippen MR) is 134 cm³/mol. The van der Waals surface area contributed by atoms with E-state index in [-0.39, 0.29) is 11.9 Å². The van der Waals surface area contributed by atoms with Gasteiger partial charge in [-0.1, -0.05) is 48.0 Å². The van der Waals surface area contributed by atoms with Crippen molar-refractivity contribution in [3.05, 3.63) is 93.2 Å². The van der Waals surface area contributed by atoms with Crippen LogP contribution in [0.25, 0.3) is 0 Å². The maximum atomic E-state index is 13.4. The zero-order chi connectivity index (χ0) is 22.7. The molecule has 2 atom stereocenters. The minimum atomic E-state index is 0.135. The molecule has 0 saturated carbocycles. The summed E-state index contributed by atoms with van der Waals surface area (Å²) in [4.78, 5) is 19.5. The van der Waals surface area contributed by atoms with Crippen LogP contribution in [0.5, 0.6) is 0 Å². The Hall–Kier alpha value is -2.43. The number of nitrogens with zero attached hydrogens (tertiary/aromatic N) is 2. The van der Waals surface area contributed by atoms with Gasteiger partial charge >= 0.3 is 0 Å². The van der Waals surface area contributed by atoms with Gasteiger partial charge < -0.3 is 4.90 Å². The van der Waals surface area contributed by atoms with Gasteiger partial charge in [-0.3, -0.25) is 9.69 Å². The van der Waals surface area contributed by atoms with Gasteiger partial charge in [0.05, 0.1) is 0 Å². The Morgan fingerprint density at radius 1 is 1.03 bits per heavy atom. The molecule has 2 aromatic carbocycles. The molecule has 4 heteroatoms. The van der Waals surface area contributed by atoms with Crippen LogP contribution in [-0.4, -0.2) is 41.4 Å². The molecule has 3 nitrogen and oxygen atoms in total. The van der Waals surface area contributed by atoms with Crippen LogP contribution in [0.15, 0.2) is 66.0 Å². The number of thiophene rings is 1. The number of rotatable bonds is 7. The van der Waals surface area contributed by atoms with Crippen LogP contribution < -0.4 is 0 Å². The topological polar surface area (TPSA) is 23.6 Å². The first-order valence-corrected chi connectivity index (χ1v) is 12.5. The second-order valence-corrected chi connectivity index (χ2v) is 10.4. The molecule has 3 aromatic rings. The number of benzene rings is 2. The Morgan fingerprint density at radius 2 is 1.75 bits per heavy atom. The third kappa shape index (κ3) is 5.13. The third-order valence-corrected chi connectivity index (χ3v) is 7.70. The van der Waals surface area contributed by atoms with E-state index in [9.17, 15) is 4.79 Å². The quantitative estimate of drug-likeness (QED) is 0.436. The van der Waals surface area contributed by atoms with Crippen LogP contribution in [0.4, 0.5) is 0 Å². The van der Waals surface area contributed by atoms with Gasteiger partial charge in [-0.05, 0) is 68.3 Å². The molecule has 0 N–H and O–H groups in total. The lowest BCUT2D eigenvalue weighted by Crippen LogP contribution is -2.42. The van der Waals surface area contributed by atoms with Crippen molar-refractivity contribution in [3.63, 3.8) is 0 Å². The average Bonchev–Trinajstić information content (AvgIpc) is 3.38. The highest BCUT2D eigenvalue weighted by Gasteiger charge is 2.36. The molecular weight excluding hydrogens is 412 g/mol. The Balaban J connectivity index is 1.58. The lowest BCUT2D eigenvalue weighted by Gasteiger charge is -2.32. The zero-order valence-corrected chi connectivity index (χ0v) is 20.4. The van der Waals surface area contributed by atoms with Crippen LogP contribution in [-0.2, 0) is 6.54 Å². The van der Waals surface area contributed by atoms with Crippen molar-refractivity contribution in [1.29, 1.82) is 0 Å². The van der Waals surface area contributed by atoms with Crippen LogP contribution in [0, 0.1) is 19.8 Å². The van der Waals surface area contributed by atoms with Gasteiger partial charge in [0.25, 0.3) is 5.91 Å². The number of carbonyl (C=O) groups excluding carboxylic acids is 1. The predicted octanol–water partition coefficient (Wildman–Crippen LogP) is 6.13. The number of hydrogen-bond acceptors (Lipinski definition) is 3. The second-order valence-electron chi connectivity index (χ2n) is 9.42. The van der Waals surface area contributed by atoms with Crippen molar-refractivity contribution >= 4 is 17.2 Å². The first kappa shape index (κ1) is 22.8. The standard InChI is InChI=1S/C28H34N2OS/c1-20(2)30(28(31)24-8-6-5-7-9-24)17-25-16-29(19-27-22(4)14-15-32-27)18-26(25)23-12-10-21(3)11-13-23/h5-15,20,25-26H,16-19H2,1-4H3/t25-,26+/m0/s1. The molecule has 1 aromatic heterocycles. The van der Waals surface area contributed by atoms with Crippen molar-refractivity contribution < 1.29 is 4.79 Å². The summed E-state index contributed by atoms with van der Waals surface area (Å²) in [6.07, 6.45) is 0. The molecule has 4 rings (SSSR count). The molecule has 0 radical (unpaired) electrons. The lowest BCUT2D eigenvalue weighted by molar-refractivity contribution is 0.0668. The van der Waals surface area contributed by atoms with Gasteiger partial charge in [0.1, 0.15) is 0 Å². The van der Waals surface area contributed by atoms with Crippen LogP contribution in [0.2, 0.25) is 0 Å². The summed E-state index contributed by atoms with van der Waals surface area (Å²) in [6, 6.07) is 21.1. The largest absolute Gasteiger partial charge is 0.336 e. The molecule has 1 fully saturated rings. The summed E-state index contributed by atoms with van der Waals surface area (Å²) in [5, 5.41) is 2.19. The molecule has 0 aliphatic carbocycles. The van der Waals surface area contributed by atoms with Crippen molar-refractivity contribution in [3.8, 4) is 0 Å². The van der Waals surface area contributed by atoms with Crippen LogP contribution >= 0.6 is 11.3 Å². The molecule has 2 heterocycles. The van der Waals surface area contributed by atoms with Gasteiger partial charge in [-0.25, -0.2) is 0 Å². The highest BCUT2D eigenvalue weighted by atomic mass is 32.1. The summed E-state index contributed by atoms with van der Waals surface area (Å²) >= 11 is 1.85. The van der Waals surface area contributed by atoms with E-state index in [2.05, 4.69) is 73.2 Å². The van der Waals surface area contributed by atoms with Crippen LogP contribution in [0.3, 0.4) is 0 Å². The number of amides is 1. The molecule has 1 saturated heterocycles. The maximum absolute atomic E-state index is 13.4. The van der Waals surface area contributed by atoms with Gasteiger partial charge in [0, 0.05) is 48.6 Å². The van der Waals surface area contributed by atoms with E-state index >= 15 is 0 Å². The summed E-state index contributed by atoms with van der Waals surface area (Å²) in [7, 11) is 0. The molecular formula is C28H34N2OS. The fraction of sp³-hybridized carbons (Fsp3) is 0.393. The van der Waals surface area contributed by atoms with E-state index in [1.54, 1.807) is 0 Å². The molecule has 1 aliphatic heterocycles. The van der Waals surface area contributed by atoms with E-state index in [0.717, 1.165) is 31.7 Å². The van der Waals surface area contributed by atoms with Gasteiger partial charge in [0.2, 0.25) is 0 Å². The number of aryl methyl sites for hydroxylation is 2. The SMILES string of the molecule is Cc1ccc([C@H]2CN(Cc3sccc3C)C[C@H]2CN(C(=O)c2ccccc2)C(C)C)cc1. The van der Waals surface area contributed by atoms with Gasteiger partial charge in [-0.2, -0.15) is 0 Å². The minimum absolute atomic E-state index is 0.135. The second kappa shape index (κ2) is 10.0. The highest BCUT2D eigenvalue weighted by Crippen LogP contribution is 2.35. The average molecular weight is 447 g/mol. The van der Waals surface area contributed by atoms with E-state index < -0.39 is 0 Å². The Kier molecular flexibility index (Phi) is 7.12. The first-order chi connectivity index (χ1) is 15.4. The Morgan fingerprint density at radius 3 is 2.38 bits per heavy atom.